The minimum Gasteiger partial charge on any atom is -0.492 e. The molecule has 4 aromatic rings. The third-order valence-corrected chi connectivity index (χ3v) is 7.87. The van der Waals surface area contributed by atoms with Gasteiger partial charge in [-0.3, -0.25) is 9.59 Å². The number of ketones is 2. The van der Waals surface area contributed by atoms with Crippen LogP contribution in [-0.4, -0.2) is 34.9 Å². The Hall–Kier alpha value is -4.58. The topological polar surface area (TPSA) is 62.5 Å². The van der Waals surface area contributed by atoms with E-state index in [1.54, 1.807) is 0 Å². The van der Waals surface area contributed by atoms with Gasteiger partial charge in [0.2, 0.25) is 11.6 Å². The standard InChI is InChI=1S/C34H34N2O4/c1-9-33(3,4)35-20-23(22-16-12-14-18-25(22)35)27-29(37)32(40-8)28(30(38)31(27)39-7)26-19-21-15-11-13-17-24(21)36(26)34(5,6)10-2/h9-20H,1-2H2,3-8H3. The number of para-hydroxylation sites is 2. The molecule has 0 spiro atoms. The van der Waals surface area contributed by atoms with Crippen molar-refractivity contribution >= 4 is 44.5 Å². The van der Waals surface area contributed by atoms with Crippen LogP contribution in [0.3, 0.4) is 0 Å². The van der Waals surface area contributed by atoms with Crippen molar-refractivity contribution in [1.82, 2.24) is 9.13 Å². The van der Waals surface area contributed by atoms with Crippen LogP contribution in [0.1, 0.15) is 39.0 Å². The van der Waals surface area contributed by atoms with E-state index in [0.29, 0.717) is 11.3 Å². The van der Waals surface area contributed by atoms with Crippen molar-refractivity contribution in [3.05, 3.63) is 109 Å². The highest BCUT2D eigenvalue weighted by Gasteiger charge is 2.41. The van der Waals surface area contributed by atoms with Crippen molar-refractivity contribution in [2.45, 2.75) is 38.8 Å². The normalized spacial score (nSPS) is 14.8. The average Bonchev–Trinajstić information content (AvgIpc) is 3.53. The third kappa shape index (κ3) is 3.86. The molecule has 0 amide bonds. The summed E-state index contributed by atoms with van der Waals surface area (Å²) in [7, 11) is 2.84. The number of carbonyl (C=O) groups excluding carboxylic acids is 2. The van der Waals surface area contributed by atoms with Crippen LogP contribution in [0.25, 0.3) is 33.0 Å². The minimum atomic E-state index is -0.575. The van der Waals surface area contributed by atoms with Crippen molar-refractivity contribution in [3.8, 4) is 0 Å². The van der Waals surface area contributed by atoms with Gasteiger partial charge in [-0.15, -0.1) is 13.2 Å². The predicted molar refractivity (Wildman–Crippen MR) is 161 cm³/mol. The van der Waals surface area contributed by atoms with E-state index in [1.165, 1.54) is 14.2 Å². The van der Waals surface area contributed by atoms with Crippen LogP contribution < -0.4 is 0 Å². The quantitative estimate of drug-likeness (QED) is 0.180. The van der Waals surface area contributed by atoms with Crippen molar-refractivity contribution < 1.29 is 19.1 Å². The van der Waals surface area contributed by atoms with Gasteiger partial charge in [-0.2, -0.15) is 0 Å². The van der Waals surface area contributed by atoms with Gasteiger partial charge < -0.3 is 18.6 Å². The molecule has 40 heavy (non-hydrogen) atoms. The van der Waals surface area contributed by atoms with E-state index in [0.717, 1.165) is 21.8 Å². The van der Waals surface area contributed by atoms with Gasteiger partial charge in [-0.05, 0) is 45.9 Å². The number of ether oxygens (including phenoxy) is 2. The number of Topliss-reactive ketones (excluding diaryl/α,β-unsaturated/α-hetero) is 2. The number of carbonyl (C=O) groups is 2. The van der Waals surface area contributed by atoms with Gasteiger partial charge in [-0.25, -0.2) is 0 Å². The molecule has 0 atom stereocenters. The van der Waals surface area contributed by atoms with Crippen molar-refractivity contribution in [2.24, 2.45) is 0 Å². The number of allylic oxidation sites excluding steroid dienone is 4. The van der Waals surface area contributed by atoms with Crippen molar-refractivity contribution in [2.75, 3.05) is 14.2 Å². The Kier molecular flexibility index (Phi) is 6.45. The van der Waals surface area contributed by atoms with E-state index < -0.39 is 22.6 Å². The zero-order valence-electron chi connectivity index (χ0n) is 23.9. The molecule has 2 aromatic carbocycles. The van der Waals surface area contributed by atoms with Gasteiger partial charge in [0.15, 0.2) is 11.5 Å². The van der Waals surface area contributed by atoms with Crippen LogP contribution in [0.15, 0.2) is 97.6 Å². The Balaban J connectivity index is 1.82. The zero-order valence-corrected chi connectivity index (χ0v) is 23.9. The molecule has 0 saturated heterocycles. The fourth-order valence-electron chi connectivity index (χ4n) is 5.53. The van der Waals surface area contributed by atoms with E-state index in [4.69, 9.17) is 9.47 Å². The first kappa shape index (κ1) is 27.0. The number of benzene rings is 2. The van der Waals surface area contributed by atoms with E-state index in [1.807, 2.05) is 105 Å². The maximum atomic E-state index is 14.4. The number of hydrogen-bond donors (Lipinski definition) is 0. The lowest BCUT2D eigenvalue weighted by Crippen LogP contribution is -2.30. The van der Waals surface area contributed by atoms with Gasteiger partial charge >= 0.3 is 0 Å². The molecule has 0 bridgehead atoms. The van der Waals surface area contributed by atoms with Crippen LogP contribution in [0.5, 0.6) is 0 Å². The maximum Gasteiger partial charge on any atom is 0.234 e. The van der Waals surface area contributed by atoms with Crippen LogP contribution in [0, 0.1) is 0 Å². The number of rotatable bonds is 8. The number of methoxy groups -OCH3 is 2. The lowest BCUT2D eigenvalue weighted by Gasteiger charge is -2.29. The summed E-state index contributed by atoms with van der Waals surface area (Å²) in [6, 6.07) is 17.5. The summed E-state index contributed by atoms with van der Waals surface area (Å²) in [4.78, 5) is 28.7. The summed E-state index contributed by atoms with van der Waals surface area (Å²) in [6.45, 7) is 16.1. The molecule has 0 saturated carbocycles. The molecular formula is C34H34N2O4. The summed E-state index contributed by atoms with van der Waals surface area (Å²) < 4.78 is 15.6. The lowest BCUT2D eigenvalue weighted by molar-refractivity contribution is -0.117. The zero-order chi connectivity index (χ0) is 29.0. The maximum absolute atomic E-state index is 14.4. The Bertz CT molecular complexity index is 1790. The smallest absolute Gasteiger partial charge is 0.234 e. The molecule has 0 fully saturated rings. The molecule has 0 radical (unpaired) electrons. The highest BCUT2D eigenvalue weighted by molar-refractivity contribution is 6.47. The average molecular weight is 535 g/mol. The second kappa shape index (κ2) is 9.56. The fourth-order valence-corrected chi connectivity index (χ4v) is 5.53. The molecule has 0 unspecified atom stereocenters. The van der Waals surface area contributed by atoms with E-state index >= 15 is 0 Å². The number of aromatic nitrogens is 2. The first-order valence-corrected chi connectivity index (χ1v) is 13.2. The second-order valence-corrected chi connectivity index (χ2v) is 11.0. The number of fused-ring (bicyclic) bond motifs is 2. The van der Waals surface area contributed by atoms with Crippen LogP contribution in [0.2, 0.25) is 0 Å². The first-order valence-electron chi connectivity index (χ1n) is 13.2. The molecule has 0 N–H and O–H groups in total. The number of hydrogen-bond acceptors (Lipinski definition) is 4. The monoisotopic (exact) mass is 534 g/mol. The Labute approximate surface area is 234 Å². The summed E-state index contributed by atoms with van der Waals surface area (Å²) in [5.41, 5.74) is 2.29. The molecule has 6 nitrogen and oxygen atoms in total. The highest BCUT2D eigenvalue weighted by Crippen LogP contribution is 2.42. The van der Waals surface area contributed by atoms with Crippen molar-refractivity contribution in [1.29, 1.82) is 0 Å². The molecule has 0 aliphatic heterocycles. The number of nitrogens with zero attached hydrogens (tertiary/aromatic N) is 2. The highest BCUT2D eigenvalue weighted by atomic mass is 16.5. The summed E-state index contributed by atoms with van der Waals surface area (Å²) >= 11 is 0. The Morgan fingerprint density at radius 1 is 0.750 bits per heavy atom. The van der Waals surface area contributed by atoms with Gasteiger partial charge in [-0.1, -0.05) is 48.6 Å². The second-order valence-electron chi connectivity index (χ2n) is 11.0. The molecule has 1 aliphatic rings. The van der Waals surface area contributed by atoms with E-state index in [9.17, 15) is 9.59 Å². The van der Waals surface area contributed by atoms with Crippen molar-refractivity contribution in [3.63, 3.8) is 0 Å². The van der Waals surface area contributed by atoms with Gasteiger partial charge in [0.1, 0.15) is 0 Å². The predicted octanol–water partition coefficient (Wildman–Crippen LogP) is 7.01. The van der Waals surface area contributed by atoms with Gasteiger partial charge in [0.25, 0.3) is 0 Å². The van der Waals surface area contributed by atoms with Crippen LogP contribution in [0.4, 0.5) is 0 Å². The molecule has 2 aromatic heterocycles. The minimum absolute atomic E-state index is 0.0201. The fraction of sp³-hybridized carbons (Fsp3) is 0.235. The summed E-state index contributed by atoms with van der Waals surface area (Å²) in [5.74, 6) is -0.878. The van der Waals surface area contributed by atoms with E-state index in [-0.39, 0.29) is 22.7 Å². The largest absolute Gasteiger partial charge is 0.492 e. The van der Waals surface area contributed by atoms with Gasteiger partial charge in [0.05, 0.1) is 42.1 Å². The van der Waals surface area contributed by atoms with E-state index in [2.05, 4.69) is 17.7 Å². The molecule has 1 aliphatic carbocycles. The Morgan fingerprint density at radius 3 is 1.93 bits per heavy atom. The molecule has 2 heterocycles. The molecule has 6 heteroatoms. The summed E-state index contributed by atoms with van der Waals surface area (Å²) in [6.07, 6.45) is 5.56. The Morgan fingerprint density at radius 2 is 1.30 bits per heavy atom. The first-order chi connectivity index (χ1) is 19.0. The molecule has 204 valence electrons. The summed E-state index contributed by atoms with van der Waals surface area (Å²) in [5, 5.41) is 1.75. The third-order valence-electron chi connectivity index (χ3n) is 7.87. The lowest BCUT2D eigenvalue weighted by atomic mass is 9.87. The van der Waals surface area contributed by atoms with Crippen LogP contribution >= 0.6 is 0 Å². The van der Waals surface area contributed by atoms with Gasteiger partial charge in [0, 0.05) is 33.6 Å². The molecular weight excluding hydrogens is 500 g/mol. The molecule has 5 rings (SSSR count). The van der Waals surface area contributed by atoms with Crippen LogP contribution in [-0.2, 0) is 30.1 Å². The SMILES string of the molecule is C=CC(C)(C)n1cc(C2=C(OC)C(=O)C(c3cc4ccccc4n3C(C)(C)C=C)=C(OC)C2=O)c2ccccc21.